The van der Waals surface area contributed by atoms with Crippen molar-refractivity contribution in [3.05, 3.63) is 10.6 Å². The van der Waals surface area contributed by atoms with E-state index in [0.29, 0.717) is 15.8 Å². The minimum atomic E-state index is -1.14. The molecule has 9 nitrogen and oxygen atoms in total. The van der Waals surface area contributed by atoms with Crippen molar-refractivity contribution in [1.29, 1.82) is 0 Å². The minimum absolute atomic E-state index is 0.000437. The van der Waals surface area contributed by atoms with E-state index in [2.05, 4.69) is 15.5 Å². The van der Waals surface area contributed by atoms with Crippen LogP contribution in [0.4, 0.5) is 0 Å². The molecule has 1 saturated heterocycles. The molecule has 3 heterocycles. The Balaban J connectivity index is 1.80. The highest BCUT2D eigenvalue weighted by Gasteiger charge is 2.57. The molecule has 0 unspecified atom stereocenters. The number of fused-ring (bicyclic) bond motifs is 1. The maximum Gasteiger partial charge on any atom is 0.353 e. The smallest absolute Gasteiger partial charge is 0.353 e. The average molecular weight is 343 g/mol. The molecule has 118 valence electrons. The zero-order chi connectivity index (χ0) is 16.0. The molecule has 0 aliphatic carbocycles. The first-order chi connectivity index (χ1) is 10.4. The summed E-state index contributed by atoms with van der Waals surface area (Å²) in [6.07, 6.45) is -0.800. The van der Waals surface area contributed by atoms with Gasteiger partial charge in [0.05, 0.1) is 12.0 Å². The number of amides is 1. The zero-order valence-electron chi connectivity index (χ0n) is 11.7. The standard InChI is InChI=1S/C11H13N5O4S2/c1-4(17)6-8(18)16-7(10(19)20)5(22-9(6)16)3-21-11-12-13-14-15(11)2/h4,6,9,17H,3H2,1-2H3,(H,19,20)/t4-,6-,9-/m1/s1. The maximum atomic E-state index is 12.0. The van der Waals surface area contributed by atoms with Crippen LogP contribution in [0.3, 0.4) is 0 Å². The molecule has 2 N–H and O–H groups in total. The first-order valence-electron chi connectivity index (χ1n) is 6.41. The van der Waals surface area contributed by atoms with Crippen molar-refractivity contribution in [3.63, 3.8) is 0 Å². The van der Waals surface area contributed by atoms with Gasteiger partial charge in [-0.3, -0.25) is 9.69 Å². The second kappa shape index (κ2) is 5.56. The Morgan fingerprint density at radius 3 is 2.82 bits per heavy atom. The van der Waals surface area contributed by atoms with Gasteiger partial charge in [0.25, 0.3) is 0 Å². The second-order valence-electron chi connectivity index (χ2n) is 4.93. The van der Waals surface area contributed by atoms with Gasteiger partial charge in [-0.25, -0.2) is 9.48 Å². The van der Waals surface area contributed by atoms with Crippen LogP contribution in [-0.4, -0.2) is 64.4 Å². The number of carboxylic acids is 1. The molecule has 0 saturated carbocycles. The lowest BCUT2D eigenvalue weighted by atomic mass is 9.92. The molecule has 22 heavy (non-hydrogen) atoms. The molecule has 3 rings (SSSR count). The topological polar surface area (TPSA) is 121 Å². The van der Waals surface area contributed by atoms with Crippen molar-refractivity contribution < 1.29 is 19.8 Å². The molecule has 0 bridgehead atoms. The quantitative estimate of drug-likeness (QED) is 0.538. The zero-order valence-corrected chi connectivity index (χ0v) is 13.3. The molecule has 0 spiro atoms. The predicted molar refractivity (Wildman–Crippen MR) is 77.6 cm³/mol. The summed E-state index contributed by atoms with van der Waals surface area (Å²) in [5.74, 6) is -1.68. The fourth-order valence-corrected chi connectivity index (χ4v) is 4.99. The molecule has 1 aromatic rings. The van der Waals surface area contributed by atoms with E-state index < -0.39 is 18.0 Å². The van der Waals surface area contributed by atoms with Crippen molar-refractivity contribution in [3.8, 4) is 0 Å². The number of thioether (sulfide) groups is 2. The number of aliphatic hydroxyl groups excluding tert-OH is 1. The van der Waals surface area contributed by atoms with Gasteiger partial charge in [0.1, 0.15) is 11.1 Å². The van der Waals surface area contributed by atoms with E-state index in [1.54, 1.807) is 14.0 Å². The number of aromatic nitrogens is 4. The average Bonchev–Trinajstić information content (AvgIpc) is 2.97. The second-order valence-corrected chi connectivity index (χ2v) is 7.09. The third-order valence-corrected chi connectivity index (χ3v) is 6.08. The molecule has 1 fully saturated rings. The molecule has 1 aromatic heterocycles. The Bertz CT molecular complexity index is 673. The fraction of sp³-hybridized carbons (Fsp3) is 0.545. The van der Waals surface area contributed by atoms with Crippen LogP contribution in [0.15, 0.2) is 15.8 Å². The number of carboxylic acid groups (broad SMARTS) is 1. The Labute approximate surface area is 133 Å². The number of β-lactam (4-membered cyclic amide) rings is 1. The highest BCUT2D eigenvalue weighted by molar-refractivity contribution is 8.06. The van der Waals surface area contributed by atoms with Crippen LogP contribution in [0, 0.1) is 5.92 Å². The number of carbonyl (C=O) groups excluding carboxylic acids is 1. The van der Waals surface area contributed by atoms with E-state index in [0.717, 1.165) is 0 Å². The van der Waals surface area contributed by atoms with Gasteiger partial charge in [-0.1, -0.05) is 11.8 Å². The molecule has 3 atom stereocenters. The number of hydrogen-bond acceptors (Lipinski definition) is 8. The number of rotatable bonds is 5. The van der Waals surface area contributed by atoms with Crippen LogP contribution < -0.4 is 0 Å². The van der Waals surface area contributed by atoms with Crippen molar-refractivity contribution in [1.82, 2.24) is 25.1 Å². The Morgan fingerprint density at radius 1 is 1.55 bits per heavy atom. The van der Waals surface area contributed by atoms with Gasteiger partial charge in [0.2, 0.25) is 11.1 Å². The predicted octanol–water partition coefficient (Wildman–Crippen LogP) is -0.490. The molecule has 0 aromatic carbocycles. The van der Waals surface area contributed by atoms with Gasteiger partial charge >= 0.3 is 5.97 Å². The number of hydrogen-bond donors (Lipinski definition) is 2. The van der Waals surface area contributed by atoms with Crippen LogP contribution >= 0.6 is 23.5 Å². The lowest BCUT2D eigenvalue weighted by Crippen LogP contribution is -2.60. The molecule has 11 heteroatoms. The van der Waals surface area contributed by atoms with E-state index in [9.17, 15) is 19.8 Å². The van der Waals surface area contributed by atoms with Crippen molar-refractivity contribution in [2.45, 2.75) is 23.6 Å². The molecular formula is C11H13N5O4S2. The summed E-state index contributed by atoms with van der Waals surface area (Å²) in [5.41, 5.74) is -0.000437. The van der Waals surface area contributed by atoms with Gasteiger partial charge in [-0.2, -0.15) is 0 Å². The van der Waals surface area contributed by atoms with Gasteiger partial charge in [-0.05, 0) is 17.4 Å². The summed E-state index contributed by atoms with van der Waals surface area (Å²) in [5, 5.41) is 30.3. The Kier molecular flexibility index (Phi) is 3.87. The highest BCUT2D eigenvalue weighted by Crippen LogP contribution is 2.51. The third-order valence-electron chi connectivity index (χ3n) is 3.49. The van der Waals surface area contributed by atoms with Crippen LogP contribution in [-0.2, 0) is 16.6 Å². The number of nitrogens with zero attached hydrogens (tertiary/aromatic N) is 5. The van der Waals surface area contributed by atoms with Crippen molar-refractivity contribution >= 4 is 35.4 Å². The fourth-order valence-electron chi connectivity index (χ4n) is 2.43. The first kappa shape index (κ1) is 15.3. The van der Waals surface area contributed by atoms with Gasteiger partial charge in [0.15, 0.2) is 0 Å². The summed E-state index contributed by atoms with van der Waals surface area (Å²) in [7, 11) is 1.69. The van der Waals surface area contributed by atoms with Gasteiger partial charge < -0.3 is 10.2 Å². The summed E-state index contributed by atoms with van der Waals surface area (Å²) < 4.78 is 1.49. The third kappa shape index (κ3) is 2.29. The highest BCUT2D eigenvalue weighted by atomic mass is 32.2. The molecule has 0 radical (unpaired) electrons. The number of aliphatic hydroxyl groups is 1. The molecule has 1 amide bonds. The number of aliphatic carboxylic acids is 1. The van der Waals surface area contributed by atoms with Gasteiger partial charge in [-0.15, -0.1) is 16.9 Å². The van der Waals surface area contributed by atoms with Crippen molar-refractivity contribution in [2.24, 2.45) is 13.0 Å². The van der Waals surface area contributed by atoms with Gasteiger partial charge in [0, 0.05) is 17.7 Å². The summed E-state index contributed by atoms with van der Waals surface area (Å²) in [6, 6.07) is 0. The van der Waals surface area contributed by atoms with E-state index in [1.165, 1.54) is 33.1 Å². The van der Waals surface area contributed by atoms with Crippen LogP contribution in [0.25, 0.3) is 0 Å². The summed E-state index contributed by atoms with van der Waals surface area (Å²) in [4.78, 5) is 25.4. The maximum absolute atomic E-state index is 12.0. The largest absolute Gasteiger partial charge is 0.477 e. The molecule has 2 aliphatic heterocycles. The number of tetrazole rings is 1. The molecule has 2 aliphatic rings. The summed E-state index contributed by atoms with van der Waals surface area (Å²) >= 11 is 2.61. The Morgan fingerprint density at radius 2 is 2.27 bits per heavy atom. The lowest BCUT2D eigenvalue weighted by Gasteiger charge is -2.43. The molecular weight excluding hydrogens is 330 g/mol. The lowest BCUT2D eigenvalue weighted by molar-refractivity contribution is -0.156. The normalized spacial score (nSPS) is 25.2. The van der Waals surface area contributed by atoms with E-state index >= 15 is 0 Å². The Hall–Kier alpha value is -1.59. The number of carbonyl (C=O) groups is 2. The van der Waals surface area contributed by atoms with E-state index in [-0.39, 0.29) is 17.0 Å². The number of aryl methyl sites for hydroxylation is 1. The minimum Gasteiger partial charge on any atom is -0.477 e. The summed E-state index contributed by atoms with van der Waals surface area (Å²) in [6.45, 7) is 1.54. The van der Waals surface area contributed by atoms with Crippen LogP contribution in [0.5, 0.6) is 0 Å². The first-order valence-corrected chi connectivity index (χ1v) is 8.27. The van der Waals surface area contributed by atoms with Crippen molar-refractivity contribution in [2.75, 3.05) is 5.75 Å². The van der Waals surface area contributed by atoms with E-state index in [4.69, 9.17) is 0 Å². The monoisotopic (exact) mass is 343 g/mol. The van der Waals surface area contributed by atoms with E-state index in [1.807, 2.05) is 0 Å². The SMILES string of the molecule is C[C@@H](O)[C@@H]1C(=O)N2C(C(=O)O)=C(CSc3nnnn3C)S[C@H]12. The van der Waals surface area contributed by atoms with Crippen LogP contribution in [0.2, 0.25) is 0 Å². The van der Waals surface area contributed by atoms with Crippen LogP contribution in [0.1, 0.15) is 6.92 Å².